The standard InChI is InChI=1S/C24H28FN3O2/c1-16(17-3-5-19(25)6-4-17)27-24(29)15-28-11-9-18(10-12-28)22-14-26-23-8-7-20(30-2)13-21(22)23/h3-8,13-14,16,18,26H,9-12,15H2,1-2H3,(H,27,29). The van der Waals surface area contributed by atoms with Gasteiger partial charge in [-0.2, -0.15) is 0 Å². The molecule has 1 saturated heterocycles. The van der Waals surface area contributed by atoms with Crippen LogP contribution in [0.2, 0.25) is 0 Å². The number of aromatic nitrogens is 1. The van der Waals surface area contributed by atoms with Gasteiger partial charge in [0.1, 0.15) is 11.6 Å². The lowest BCUT2D eigenvalue weighted by atomic mass is 9.89. The van der Waals surface area contributed by atoms with E-state index >= 15 is 0 Å². The van der Waals surface area contributed by atoms with Gasteiger partial charge < -0.3 is 15.0 Å². The maximum absolute atomic E-state index is 13.1. The van der Waals surface area contributed by atoms with Crippen LogP contribution in [-0.2, 0) is 4.79 Å². The smallest absolute Gasteiger partial charge is 0.234 e. The fourth-order valence-electron chi connectivity index (χ4n) is 4.31. The van der Waals surface area contributed by atoms with Crippen LogP contribution in [0.1, 0.15) is 42.9 Å². The van der Waals surface area contributed by atoms with E-state index in [0.29, 0.717) is 12.5 Å². The molecule has 5 nitrogen and oxygen atoms in total. The molecule has 0 aliphatic carbocycles. The van der Waals surface area contributed by atoms with E-state index in [9.17, 15) is 9.18 Å². The molecule has 0 spiro atoms. The molecule has 1 aliphatic heterocycles. The number of piperidine rings is 1. The van der Waals surface area contributed by atoms with Gasteiger partial charge in [0.25, 0.3) is 0 Å². The van der Waals surface area contributed by atoms with Crippen molar-refractivity contribution >= 4 is 16.8 Å². The van der Waals surface area contributed by atoms with Crippen LogP contribution in [-0.4, -0.2) is 42.5 Å². The van der Waals surface area contributed by atoms with Gasteiger partial charge in [0.05, 0.1) is 19.7 Å². The number of fused-ring (bicyclic) bond motifs is 1. The number of halogens is 1. The van der Waals surface area contributed by atoms with E-state index < -0.39 is 0 Å². The quantitative estimate of drug-likeness (QED) is 0.636. The Morgan fingerprint density at radius 2 is 1.97 bits per heavy atom. The molecule has 1 amide bonds. The second-order valence-electron chi connectivity index (χ2n) is 8.05. The second-order valence-corrected chi connectivity index (χ2v) is 8.05. The van der Waals surface area contributed by atoms with Gasteiger partial charge in [-0.25, -0.2) is 4.39 Å². The van der Waals surface area contributed by atoms with Gasteiger partial charge in [0.15, 0.2) is 0 Å². The van der Waals surface area contributed by atoms with E-state index in [1.165, 1.54) is 23.1 Å². The molecule has 6 heteroatoms. The third-order valence-corrected chi connectivity index (χ3v) is 6.06. The number of methoxy groups -OCH3 is 1. The van der Waals surface area contributed by atoms with Crippen molar-refractivity contribution in [3.63, 3.8) is 0 Å². The zero-order valence-corrected chi connectivity index (χ0v) is 17.5. The summed E-state index contributed by atoms with van der Waals surface area (Å²) in [6.07, 6.45) is 4.15. The van der Waals surface area contributed by atoms with Crippen molar-refractivity contribution < 1.29 is 13.9 Å². The Hall–Kier alpha value is -2.86. The number of H-pyrrole nitrogens is 1. The molecule has 158 valence electrons. The maximum atomic E-state index is 13.1. The van der Waals surface area contributed by atoms with Crippen LogP contribution in [0.4, 0.5) is 4.39 Å². The summed E-state index contributed by atoms with van der Waals surface area (Å²) in [4.78, 5) is 18.0. The Morgan fingerprint density at radius 3 is 2.67 bits per heavy atom. The fourth-order valence-corrected chi connectivity index (χ4v) is 4.31. The molecule has 0 bridgehead atoms. The third-order valence-electron chi connectivity index (χ3n) is 6.06. The number of aromatic amines is 1. The number of likely N-dealkylation sites (tertiary alicyclic amines) is 1. The number of amides is 1. The van der Waals surface area contributed by atoms with Crippen molar-refractivity contribution in [2.24, 2.45) is 0 Å². The highest BCUT2D eigenvalue weighted by atomic mass is 19.1. The molecule has 1 aliphatic rings. The highest BCUT2D eigenvalue weighted by Gasteiger charge is 2.24. The van der Waals surface area contributed by atoms with E-state index in [1.807, 2.05) is 13.0 Å². The van der Waals surface area contributed by atoms with E-state index in [0.717, 1.165) is 42.8 Å². The Bertz CT molecular complexity index is 1010. The SMILES string of the molecule is COc1ccc2[nH]cc(C3CCN(CC(=O)NC(C)c4ccc(F)cc4)CC3)c2c1. The maximum Gasteiger partial charge on any atom is 0.234 e. The molecule has 30 heavy (non-hydrogen) atoms. The molecular weight excluding hydrogens is 381 g/mol. The van der Waals surface area contributed by atoms with Gasteiger partial charge in [0, 0.05) is 17.1 Å². The summed E-state index contributed by atoms with van der Waals surface area (Å²) in [6.45, 7) is 4.09. The first-order valence-electron chi connectivity index (χ1n) is 10.5. The Morgan fingerprint density at radius 1 is 1.23 bits per heavy atom. The molecule has 0 saturated carbocycles. The normalized spacial score (nSPS) is 16.5. The molecule has 1 atom stereocenters. The molecule has 2 aromatic carbocycles. The number of rotatable bonds is 6. The number of hydrogen-bond donors (Lipinski definition) is 2. The predicted molar refractivity (Wildman–Crippen MR) is 116 cm³/mol. The number of benzene rings is 2. The largest absolute Gasteiger partial charge is 0.497 e. The summed E-state index contributed by atoms with van der Waals surface area (Å²) < 4.78 is 18.5. The van der Waals surface area contributed by atoms with E-state index in [2.05, 4.69) is 33.5 Å². The van der Waals surface area contributed by atoms with Crippen LogP contribution in [0, 0.1) is 5.82 Å². The van der Waals surface area contributed by atoms with Crippen molar-refractivity contribution in [3.8, 4) is 5.75 Å². The van der Waals surface area contributed by atoms with Gasteiger partial charge in [-0.15, -0.1) is 0 Å². The van der Waals surface area contributed by atoms with Crippen LogP contribution < -0.4 is 10.1 Å². The third kappa shape index (κ3) is 4.49. The molecular formula is C24H28FN3O2. The van der Waals surface area contributed by atoms with Gasteiger partial charge in [0.2, 0.25) is 5.91 Å². The number of hydrogen-bond acceptors (Lipinski definition) is 3. The molecule has 3 aromatic rings. The number of carbonyl (C=O) groups excluding carboxylic acids is 1. The average molecular weight is 410 g/mol. The van der Waals surface area contributed by atoms with Crippen LogP contribution in [0.15, 0.2) is 48.7 Å². The summed E-state index contributed by atoms with van der Waals surface area (Å²) in [5.41, 5.74) is 3.36. The first-order chi connectivity index (χ1) is 14.5. The average Bonchev–Trinajstić information content (AvgIpc) is 3.17. The lowest BCUT2D eigenvalue weighted by Gasteiger charge is -2.31. The van der Waals surface area contributed by atoms with Crippen LogP contribution in [0.5, 0.6) is 5.75 Å². The van der Waals surface area contributed by atoms with Crippen molar-refractivity contribution in [2.45, 2.75) is 31.7 Å². The first-order valence-corrected chi connectivity index (χ1v) is 10.5. The highest BCUT2D eigenvalue weighted by molar-refractivity contribution is 5.85. The number of ether oxygens (including phenoxy) is 1. The Balaban J connectivity index is 1.31. The monoisotopic (exact) mass is 409 g/mol. The molecule has 2 heterocycles. The highest BCUT2D eigenvalue weighted by Crippen LogP contribution is 2.34. The fraction of sp³-hybridized carbons (Fsp3) is 0.375. The van der Waals surface area contributed by atoms with Gasteiger partial charge >= 0.3 is 0 Å². The van der Waals surface area contributed by atoms with Crippen molar-refractivity contribution in [3.05, 3.63) is 65.6 Å². The summed E-state index contributed by atoms with van der Waals surface area (Å²) in [5.74, 6) is 1.08. The molecule has 0 radical (unpaired) electrons. The number of nitrogens with zero attached hydrogens (tertiary/aromatic N) is 1. The van der Waals surface area contributed by atoms with Gasteiger partial charge in [-0.3, -0.25) is 9.69 Å². The topological polar surface area (TPSA) is 57.4 Å². The zero-order valence-electron chi connectivity index (χ0n) is 17.5. The summed E-state index contributed by atoms with van der Waals surface area (Å²) in [7, 11) is 1.69. The number of nitrogens with one attached hydrogen (secondary N) is 2. The van der Waals surface area contributed by atoms with Crippen LogP contribution >= 0.6 is 0 Å². The minimum absolute atomic E-state index is 0.00195. The minimum atomic E-state index is -0.270. The van der Waals surface area contributed by atoms with Crippen LogP contribution in [0.3, 0.4) is 0 Å². The predicted octanol–water partition coefficient (Wildman–Crippen LogP) is 4.37. The van der Waals surface area contributed by atoms with Crippen molar-refractivity contribution in [1.82, 2.24) is 15.2 Å². The lowest BCUT2D eigenvalue weighted by Crippen LogP contribution is -2.41. The minimum Gasteiger partial charge on any atom is -0.497 e. The van der Waals surface area contributed by atoms with Gasteiger partial charge in [-0.1, -0.05) is 12.1 Å². The van der Waals surface area contributed by atoms with E-state index in [1.54, 1.807) is 19.2 Å². The second kappa shape index (κ2) is 8.88. The zero-order chi connectivity index (χ0) is 21.1. The molecule has 4 rings (SSSR count). The summed E-state index contributed by atoms with van der Waals surface area (Å²) in [5, 5.41) is 4.24. The first kappa shape index (κ1) is 20.4. The summed E-state index contributed by atoms with van der Waals surface area (Å²) >= 11 is 0. The number of carbonyl (C=O) groups is 1. The van der Waals surface area contributed by atoms with Crippen molar-refractivity contribution in [2.75, 3.05) is 26.7 Å². The van der Waals surface area contributed by atoms with Gasteiger partial charge in [-0.05, 0) is 80.2 Å². The summed E-state index contributed by atoms with van der Waals surface area (Å²) in [6, 6.07) is 12.2. The lowest BCUT2D eigenvalue weighted by molar-refractivity contribution is -0.123. The van der Waals surface area contributed by atoms with E-state index in [-0.39, 0.29) is 17.8 Å². The molecule has 1 aromatic heterocycles. The van der Waals surface area contributed by atoms with Crippen LogP contribution in [0.25, 0.3) is 10.9 Å². The van der Waals surface area contributed by atoms with E-state index in [4.69, 9.17) is 4.74 Å². The Kier molecular flexibility index (Phi) is 6.04. The molecule has 1 fully saturated rings. The van der Waals surface area contributed by atoms with Crippen molar-refractivity contribution in [1.29, 1.82) is 0 Å². The molecule has 2 N–H and O–H groups in total. The molecule has 1 unspecified atom stereocenters. The Labute approximate surface area is 176 Å².